The predicted octanol–water partition coefficient (Wildman–Crippen LogP) is 4.22. The Balaban J connectivity index is 1.68. The maximum atomic E-state index is 5.88. The first kappa shape index (κ1) is 15.1. The van der Waals surface area contributed by atoms with E-state index in [9.17, 15) is 0 Å². The van der Waals surface area contributed by atoms with E-state index >= 15 is 0 Å². The van der Waals surface area contributed by atoms with Crippen molar-refractivity contribution >= 4 is 0 Å². The summed E-state index contributed by atoms with van der Waals surface area (Å²) in [6.07, 6.45) is 8.22. The summed E-state index contributed by atoms with van der Waals surface area (Å²) in [6.45, 7) is 4.56. The van der Waals surface area contributed by atoms with Crippen molar-refractivity contribution in [3.63, 3.8) is 0 Å². The summed E-state index contributed by atoms with van der Waals surface area (Å²) in [6, 6.07) is 9.35. The van der Waals surface area contributed by atoms with E-state index in [4.69, 9.17) is 5.84 Å². The second-order valence-electron chi connectivity index (χ2n) is 7.73. The van der Waals surface area contributed by atoms with Crippen LogP contribution in [-0.2, 0) is 6.42 Å². The number of rotatable bonds is 6. The Morgan fingerprint density at radius 2 is 2.10 bits per heavy atom. The highest BCUT2D eigenvalue weighted by molar-refractivity contribution is 5.26. The Labute approximate surface area is 129 Å². The molecule has 2 fully saturated rings. The molecule has 1 aromatic carbocycles. The maximum absolute atomic E-state index is 5.88. The molecule has 0 spiro atoms. The molecule has 0 aromatic heterocycles. The zero-order chi connectivity index (χ0) is 14.8. The van der Waals surface area contributed by atoms with Crippen LogP contribution in [0.5, 0.6) is 0 Å². The zero-order valence-electron chi connectivity index (χ0n) is 13.5. The van der Waals surface area contributed by atoms with Gasteiger partial charge in [0.1, 0.15) is 0 Å². The molecule has 1 aromatic rings. The van der Waals surface area contributed by atoms with Gasteiger partial charge in [-0.15, -0.1) is 0 Å². The zero-order valence-corrected chi connectivity index (χ0v) is 13.5. The standard InChI is InChI=1S/C19H30N2/c1-13(2)8-14-4-3-5-17(10-14)19(21-20)12-18-11-15-6-7-16(18)9-15/h3-5,10,13,15-16,18-19,21H,6-9,11-12,20H2,1-2H3. The fourth-order valence-corrected chi connectivity index (χ4v) is 4.68. The molecule has 0 aliphatic heterocycles. The molecule has 0 radical (unpaired) electrons. The van der Waals surface area contributed by atoms with Crippen LogP contribution in [0.4, 0.5) is 0 Å². The van der Waals surface area contributed by atoms with E-state index in [2.05, 4.69) is 43.5 Å². The molecule has 2 nitrogen and oxygen atoms in total. The lowest BCUT2D eigenvalue weighted by atomic mass is 9.82. The van der Waals surface area contributed by atoms with E-state index < -0.39 is 0 Å². The average Bonchev–Trinajstić information content (AvgIpc) is 3.06. The van der Waals surface area contributed by atoms with Crippen molar-refractivity contribution in [1.29, 1.82) is 0 Å². The van der Waals surface area contributed by atoms with Gasteiger partial charge in [-0.1, -0.05) is 44.5 Å². The van der Waals surface area contributed by atoms with E-state index in [1.807, 2.05) is 0 Å². The Bertz CT molecular complexity index is 468. The fourth-order valence-electron chi connectivity index (χ4n) is 4.68. The topological polar surface area (TPSA) is 38.0 Å². The van der Waals surface area contributed by atoms with E-state index in [1.165, 1.54) is 43.2 Å². The predicted molar refractivity (Wildman–Crippen MR) is 88.6 cm³/mol. The monoisotopic (exact) mass is 286 g/mol. The lowest BCUT2D eigenvalue weighted by Crippen LogP contribution is -2.30. The summed E-state index contributed by atoms with van der Waals surface area (Å²) in [5, 5.41) is 0. The highest BCUT2D eigenvalue weighted by Gasteiger charge is 2.40. The summed E-state index contributed by atoms with van der Waals surface area (Å²) in [4.78, 5) is 0. The highest BCUT2D eigenvalue weighted by Crippen LogP contribution is 2.50. The van der Waals surface area contributed by atoms with Gasteiger partial charge in [0.05, 0.1) is 0 Å². The molecule has 2 saturated carbocycles. The van der Waals surface area contributed by atoms with Crippen molar-refractivity contribution in [1.82, 2.24) is 5.43 Å². The number of hydrazine groups is 1. The number of hydrogen-bond acceptors (Lipinski definition) is 2. The van der Waals surface area contributed by atoms with Gasteiger partial charge in [0.25, 0.3) is 0 Å². The van der Waals surface area contributed by atoms with Crippen molar-refractivity contribution in [2.75, 3.05) is 0 Å². The van der Waals surface area contributed by atoms with Gasteiger partial charge in [0, 0.05) is 6.04 Å². The summed E-state index contributed by atoms with van der Waals surface area (Å²) in [5.41, 5.74) is 5.90. The van der Waals surface area contributed by atoms with Crippen molar-refractivity contribution < 1.29 is 0 Å². The lowest BCUT2D eigenvalue weighted by Gasteiger charge is -2.27. The average molecular weight is 286 g/mol. The van der Waals surface area contributed by atoms with Crippen LogP contribution in [0.1, 0.15) is 63.1 Å². The molecule has 2 heteroatoms. The van der Waals surface area contributed by atoms with Crippen LogP contribution in [0.25, 0.3) is 0 Å². The van der Waals surface area contributed by atoms with Crippen LogP contribution >= 0.6 is 0 Å². The molecule has 4 unspecified atom stereocenters. The van der Waals surface area contributed by atoms with Crippen molar-refractivity contribution in [2.45, 2.75) is 58.4 Å². The Morgan fingerprint density at radius 3 is 2.71 bits per heavy atom. The van der Waals surface area contributed by atoms with Crippen LogP contribution in [0.2, 0.25) is 0 Å². The first-order chi connectivity index (χ1) is 10.2. The van der Waals surface area contributed by atoms with Gasteiger partial charge in [-0.3, -0.25) is 11.3 Å². The molecule has 3 rings (SSSR count). The van der Waals surface area contributed by atoms with E-state index in [1.54, 1.807) is 0 Å². The third-order valence-corrected chi connectivity index (χ3v) is 5.62. The Morgan fingerprint density at radius 1 is 1.24 bits per heavy atom. The molecule has 21 heavy (non-hydrogen) atoms. The SMILES string of the molecule is CC(C)Cc1cccc(C(CC2CC3CCC2C3)NN)c1. The number of nitrogens with one attached hydrogen (secondary N) is 1. The minimum atomic E-state index is 0.321. The summed E-state index contributed by atoms with van der Waals surface area (Å²) in [5.74, 6) is 9.47. The molecular formula is C19H30N2. The molecule has 2 aliphatic carbocycles. The number of benzene rings is 1. The highest BCUT2D eigenvalue weighted by atomic mass is 15.2. The van der Waals surface area contributed by atoms with Gasteiger partial charge in [-0.2, -0.15) is 0 Å². The second kappa shape index (κ2) is 6.50. The molecule has 0 saturated heterocycles. The summed E-state index contributed by atoms with van der Waals surface area (Å²) >= 11 is 0. The third-order valence-electron chi connectivity index (χ3n) is 5.62. The smallest absolute Gasteiger partial charge is 0.0462 e. The van der Waals surface area contributed by atoms with Gasteiger partial charge in [-0.05, 0) is 66.9 Å². The second-order valence-corrected chi connectivity index (χ2v) is 7.73. The molecule has 0 amide bonds. The van der Waals surface area contributed by atoms with Gasteiger partial charge < -0.3 is 0 Å². The van der Waals surface area contributed by atoms with Gasteiger partial charge in [-0.25, -0.2) is 0 Å². The van der Waals surface area contributed by atoms with Crippen molar-refractivity contribution in [3.8, 4) is 0 Å². The van der Waals surface area contributed by atoms with Crippen LogP contribution in [0.15, 0.2) is 24.3 Å². The minimum Gasteiger partial charge on any atom is -0.271 e. The minimum absolute atomic E-state index is 0.321. The summed E-state index contributed by atoms with van der Waals surface area (Å²) in [7, 11) is 0. The van der Waals surface area contributed by atoms with E-state index in [-0.39, 0.29) is 0 Å². The quantitative estimate of drug-likeness (QED) is 0.607. The van der Waals surface area contributed by atoms with Crippen molar-refractivity contribution in [3.05, 3.63) is 35.4 Å². The van der Waals surface area contributed by atoms with E-state index in [0.717, 1.165) is 24.2 Å². The number of nitrogens with two attached hydrogens (primary N) is 1. The summed E-state index contributed by atoms with van der Waals surface area (Å²) < 4.78 is 0. The lowest BCUT2D eigenvalue weighted by molar-refractivity contribution is 0.280. The fraction of sp³-hybridized carbons (Fsp3) is 0.684. The van der Waals surface area contributed by atoms with Gasteiger partial charge in [0.15, 0.2) is 0 Å². The Kier molecular flexibility index (Phi) is 4.66. The normalized spacial score (nSPS) is 29.2. The molecule has 116 valence electrons. The van der Waals surface area contributed by atoms with Gasteiger partial charge in [0.2, 0.25) is 0 Å². The number of hydrogen-bond donors (Lipinski definition) is 2. The molecule has 4 atom stereocenters. The van der Waals surface area contributed by atoms with Crippen LogP contribution in [-0.4, -0.2) is 0 Å². The number of fused-ring (bicyclic) bond motifs is 2. The van der Waals surface area contributed by atoms with Crippen LogP contribution < -0.4 is 11.3 Å². The first-order valence-electron chi connectivity index (χ1n) is 8.70. The van der Waals surface area contributed by atoms with Gasteiger partial charge >= 0.3 is 0 Å². The van der Waals surface area contributed by atoms with Crippen LogP contribution in [0, 0.1) is 23.7 Å². The third kappa shape index (κ3) is 3.49. The molecule has 0 heterocycles. The molecule has 3 N–H and O–H groups in total. The Hall–Kier alpha value is -0.860. The van der Waals surface area contributed by atoms with E-state index in [0.29, 0.717) is 12.0 Å². The van der Waals surface area contributed by atoms with Crippen LogP contribution in [0.3, 0.4) is 0 Å². The van der Waals surface area contributed by atoms with Crippen molar-refractivity contribution in [2.24, 2.45) is 29.5 Å². The molecular weight excluding hydrogens is 256 g/mol. The maximum Gasteiger partial charge on any atom is 0.0462 e. The molecule has 2 aliphatic rings. The molecule has 2 bridgehead atoms. The first-order valence-corrected chi connectivity index (χ1v) is 8.70. The largest absolute Gasteiger partial charge is 0.271 e.